The van der Waals surface area contributed by atoms with E-state index in [4.69, 9.17) is 4.74 Å². The van der Waals surface area contributed by atoms with Gasteiger partial charge in [0.2, 0.25) is 0 Å². The maximum Gasteiger partial charge on any atom is 0.121 e. The van der Waals surface area contributed by atoms with Gasteiger partial charge in [-0.15, -0.1) is 0 Å². The van der Waals surface area contributed by atoms with Crippen LogP contribution in [-0.2, 0) is 6.54 Å². The zero-order valence-corrected chi connectivity index (χ0v) is 13.9. The fraction of sp³-hybridized carbons (Fsp3) is 0.400. The van der Waals surface area contributed by atoms with E-state index >= 15 is 0 Å². The number of nitrogens with zero attached hydrogens (tertiary/aromatic N) is 2. The zero-order valence-electron chi connectivity index (χ0n) is 12.3. The highest BCUT2D eigenvalue weighted by Gasteiger charge is 2.11. The van der Waals surface area contributed by atoms with E-state index in [1.165, 1.54) is 0 Å². The normalized spacial score (nSPS) is 11.7. The SMILES string of the molecule is COc1ccc(Br)c(-n2ccc(CNC(C)(C)C)n2)c1. The molecular weight excluding hydrogens is 318 g/mol. The smallest absolute Gasteiger partial charge is 0.121 e. The van der Waals surface area contributed by atoms with Crippen LogP contribution in [0.5, 0.6) is 5.75 Å². The molecule has 0 spiro atoms. The summed E-state index contributed by atoms with van der Waals surface area (Å²) >= 11 is 3.54. The van der Waals surface area contributed by atoms with E-state index in [0.29, 0.717) is 0 Å². The van der Waals surface area contributed by atoms with Gasteiger partial charge in [0.15, 0.2) is 0 Å². The van der Waals surface area contributed by atoms with Crippen LogP contribution in [-0.4, -0.2) is 22.4 Å². The molecular formula is C15H20BrN3O. The number of hydrogen-bond acceptors (Lipinski definition) is 3. The molecule has 0 fully saturated rings. The van der Waals surface area contributed by atoms with Crippen LogP contribution >= 0.6 is 15.9 Å². The van der Waals surface area contributed by atoms with Crippen molar-refractivity contribution >= 4 is 15.9 Å². The number of methoxy groups -OCH3 is 1. The monoisotopic (exact) mass is 337 g/mol. The van der Waals surface area contributed by atoms with Gasteiger partial charge in [0, 0.05) is 28.8 Å². The second-order valence-electron chi connectivity index (χ2n) is 5.67. The van der Waals surface area contributed by atoms with Crippen molar-refractivity contribution in [1.29, 1.82) is 0 Å². The summed E-state index contributed by atoms with van der Waals surface area (Å²) in [7, 11) is 1.66. The quantitative estimate of drug-likeness (QED) is 0.927. The Hall–Kier alpha value is -1.33. The third-order valence-electron chi connectivity index (χ3n) is 2.84. The predicted octanol–water partition coefficient (Wildman–Crippen LogP) is 3.53. The van der Waals surface area contributed by atoms with Crippen molar-refractivity contribution in [3.05, 3.63) is 40.6 Å². The summed E-state index contributed by atoms with van der Waals surface area (Å²) in [6, 6.07) is 7.85. The Morgan fingerprint density at radius 2 is 2.05 bits per heavy atom. The minimum absolute atomic E-state index is 0.0837. The summed E-state index contributed by atoms with van der Waals surface area (Å²) in [5.74, 6) is 0.813. The van der Waals surface area contributed by atoms with Crippen LogP contribution in [0.25, 0.3) is 5.69 Å². The van der Waals surface area contributed by atoms with Crippen molar-refractivity contribution in [2.75, 3.05) is 7.11 Å². The summed E-state index contributed by atoms with van der Waals surface area (Å²) in [4.78, 5) is 0. The molecule has 1 aromatic heterocycles. The van der Waals surface area contributed by atoms with Gasteiger partial charge >= 0.3 is 0 Å². The van der Waals surface area contributed by atoms with Crippen LogP contribution in [0.2, 0.25) is 0 Å². The third-order valence-corrected chi connectivity index (χ3v) is 3.51. The molecule has 108 valence electrons. The van der Waals surface area contributed by atoms with Crippen LogP contribution in [0.3, 0.4) is 0 Å². The molecule has 1 N–H and O–H groups in total. The number of benzene rings is 1. The minimum Gasteiger partial charge on any atom is -0.497 e. The van der Waals surface area contributed by atoms with E-state index in [2.05, 4.69) is 47.1 Å². The topological polar surface area (TPSA) is 39.1 Å². The van der Waals surface area contributed by atoms with Gasteiger partial charge in [-0.2, -0.15) is 5.10 Å². The van der Waals surface area contributed by atoms with Gasteiger partial charge in [0.1, 0.15) is 5.75 Å². The maximum atomic E-state index is 5.26. The van der Waals surface area contributed by atoms with E-state index in [0.717, 1.165) is 28.1 Å². The lowest BCUT2D eigenvalue weighted by Gasteiger charge is -2.19. The number of hydrogen-bond donors (Lipinski definition) is 1. The lowest BCUT2D eigenvalue weighted by Crippen LogP contribution is -2.35. The highest BCUT2D eigenvalue weighted by molar-refractivity contribution is 9.10. The summed E-state index contributed by atoms with van der Waals surface area (Å²) in [5.41, 5.74) is 2.06. The molecule has 1 heterocycles. The van der Waals surface area contributed by atoms with Gasteiger partial charge in [0.05, 0.1) is 18.5 Å². The highest BCUT2D eigenvalue weighted by Crippen LogP contribution is 2.25. The first-order valence-electron chi connectivity index (χ1n) is 6.52. The third kappa shape index (κ3) is 3.84. The highest BCUT2D eigenvalue weighted by atomic mass is 79.9. The first kappa shape index (κ1) is 15.1. The largest absolute Gasteiger partial charge is 0.497 e. The van der Waals surface area contributed by atoms with Crippen molar-refractivity contribution in [1.82, 2.24) is 15.1 Å². The lowest BCUT2D eigenvalue weighted by atomic mass is 10.1. The number of ether oxygens (including phenoxy) is 1. The van der Waals surface area contributed by atoms with Crippen LogP contribution in [0.4, 0.5) is 0 Å². The number of rotatable bonds is 4. The molecule has 4 nitrogen and oxygen atoms in total. The second-order valence-corrected chi connectivity index (χ2v) is 6.53. The van der Waals surface area contributed by atoms with Crippen molar-refractivity contribution in [2.24, 2.45) is 0 Å². The summed E-state index contributed by atoms with van der Waals surface area (Å²) in [6.07, 6.45) is 1.96. The van der Waals surface area contributed by atoms with Crippen molar-refractivity contribution in [3.63, 3.8) is 0 Å². The Labute approximate surface area is 128 Å². The van der Waals surface area contributed by atoms with Crippen LogP contribution in [0.1, 0.15) is 26.5 Å². The average Bonchev–Trinajstić information content (AvgIpc) is 2.85. The molecule has 0 unspecified atom stereocenters. The van der Waals surface area contributed by atoms with Gasteiger partial charge in [-0.05, 0) is 54.9 Å². The fourth-order valence-electron chi connectivity index (χ4n) is 1.74. The summed E-state index contributed by atoms with van der Waals surface area (Å²) < 4.78 is 8.09. The molecule has 0 aliphatic heterocycles. The molecule has 0 saturated heterocycles. The van der Waals surface area contributed by atoms with Gasteiger partial charge in [0.25, 0.3) is 0 Å². The molecule has 2 rings (SSSR count). The molecule has 2 aromatic rings. The molecule has 20 heavy (non-hydrogen) atoms. The van der Waals surface area contributed by atoms with Crippen molar-refractivity contribution in [3.8, 4) is 11.4 Å². The first-order valence-corrected chi connectivity index (χ1v) is 7.32. The molecule has 0 radical (unpaired) electrons. The van der Waals surface area contributed by atoms with Crippen LogP contribution in [0.15, 0.2) is 34.9 Å². The molecule has 1 aromatic carbocycles. The molecule has 0 atom stereocenters. The Kier molecular flexibility index (Phi) is 4.50. The molecule has 0 amide bonds. The molecule has 0 saturated carbocycles. The lowest BCUT2D eigenvalue weighted by molar-refractivity contribution is 0.414. The molecule has 0 aliphatic carbocycles. The number of halogens is 1. The Morgan fingerprint density at radius 1 is 1.30 bits per heavy atom. The van der Waals surface area contributed by atoms with E-state index in [1.807, 2.05) is 35.1 Å². The van der Waals surface area contributed by atoms with Gasteiger partial charge in [-0.3, -0.25) is 0 Å². The molecule has 5 heteroatoms. The predicted molar refractivity (Wildman–Crippen MR) is 84.4 cm³/mol. The average molecular weight is 338 g/mol. The van der Waals surface area contributed by atoms with Crippen LogP contribution < -0.4 is 10.1 Å². The second kappa shape index (κ2) is 5.97. The van der Waals surface area contributed by atoms with Gasteiger partial charge in [-0.1, -0.05) is 0 Å². The Morgan fingerprint density at radius 3 is 2.70 bits per heavy atom. The zero-order chi connectivity index (χ0) is 14.8. The first-order chi connectivity index (χ1) is 9.39. The number of aromatic nitrogens is 2. The Bertz CT molecular complexity index is 587. The van der Waals surface area contributed by atoms with Gasteiger partial charge < -0.3 is 10.1 Å². The minimum atomic E-state index is 0.0837. The summed E-state index contributed by atoms with van der Waals surface area (Å²) in [6.45, 7) is 7.17. The fourth-order valence-corrected chi connectivity index (χ4v) is 2.17. The van der Waals surface area contributed by atoms with E-state index < -0.39 is 0 Å². The van der Waals surface area contributed by atoms with Gasteiger partial charge in [-0.25, -0.2) is 4.68 Å². The Balaban J connectivity index is 2.20. The van der Waals surface area contributed by atoms with Crippen molar-refractivity contribution < 1.29 is 4.74 Å². The van der Waals surface area contributed by atoms with E-state index in [-0.39, 0.29) is 5.54 Å². The van der Waals surface area contributed by atoms with Crippen molar-refractivity contribution in [2.45, 2.75) is 32.9 Å². The number of nitrogens with one attached hydrogen (secondary N) is 1. The maximum absolute atomic E-state index is 5.26. The standard InChI is InChI=1S/C15H20BrN3O/c1-15(2,3)17-10-11-7-8-19(18-11)14-9-12(20-4)5-6-13(14)16/h5-9,17H,10H2,1-4H3. The van der Waals surface area contributed by atoms with E-state index in [1.54, 1.807) is 7.11 Å². The summed E-state index contributed by atoms with van der Waals surface area (Å²) in [5, 5.41) is 8.02. The molecule has 0 aliphatic rings. The van der Waals surface area contributed by atoms with Crippen LogP contribution in [0, 0.1) is 0 Å². The molecule has 0 bridgehead atoms. The van der Waals surface area contributed by atoms with E-state index in [9.17, 15) is 0 Å².